The molecule has 1 saturated carbocycles. The van der Waals surface area contributed by atoms with E-state index in [1.165, 1.54) is 17.7 Å². The molecule has 1 aliphatic heterocycles. The third-order valence-corrected chi connectivity index (χ3v) is 6.20. The lowest BCUT2D eigenvalue weighted by molar-refractivity contribution is 0.123. The number of benzene rings is 1. The number of hydrogen-bond acceptors (Lipinski definition) is 5. The number of piperidine rings is 1. The highest BCUT2D eigenvalue weighted by molar-refractivity contribution is 5.84. The first kappa shape index (κ1) is 19.1. The normalized spacial score (nSPS) is 18.8. The van der Waals surface area contributed by atoms with Gasteiger partial charge in [-0.05, 0) is 69.4 Å². The second-order valence-electron chi connectivity index (χ2n) is 7.98. The number of aryl methyl sites for hydroxylation is 1. The lowest BCUT2D eigenvalue weighted by Gasteiger charge is -2.29. The Hall–Kier alpha value is -2.28. The highest BCUT2D eigenvalue weighted by atomic mass is 16.5. The summed E-state index contributed by atoms with van der Waals surface area (Å²) in [6, 6.07) is 3.91. The van der Waals surface area contributed by atoms with E-state index in [-0.39, 0.29) is 12.7 Å². The Morgan fingerprint density at radius 1 is 1.21 bits per heavy atom. The molecule has 1 saturated heterocycles. The van der Waals surface area contributed by atoms with Crippen molar-refractivity contribution in [1.29, 1.82) is 0 Å². The van der Waals surface area contributed by atoms with Crippen molar-refractivity contribution in [3.05, 3.63) is 23.4 Å². The SMILES string of the molecule is O=C(O)N1CCC(CCc2noc3c(CO)c(OC4CCCC4)ccc23)CC1. The van der Waals surface area contributed by atoms with E-state index in [9.17, 15) is 9.90 Å². The first-order chi connectivity index (χ1) is 13.7. The molecule has 0 unspecified atom stereocenters. The van der Waals surface area contributed by atoms with Crippen molar-refractivity contribution in [2.45, 2.75) is 64.1 Å². The van der Waals surface area contributed by atoms with E-state index in [1.807, 2.05) is 12.1 Å². The Bertz CT molecular complexity index is 820. The Morgan fingerprint density at radius 2 is 1.96 bits per heavy atom. The minimum atomic E-state index is -0.826. The average molecular weight is 388 g/mol. The fourth-order valence-corrected chi connectivity index (χ4v) is 4.47. The van der Waals surface area contributed by atoms with Crippen LogP contribution in [0.15, 0.2) is 16.7 Å². The summed E-state index contributed by atoms with van der Waals surface area (Å²) in [6.07, 6.45) is 7.44. The summed E-state index contributed by atoms with van der Waals surface area (Å²) in [6.45, 7) is 1.08. The number of fused-ring (bicyclic) bond motifs is 1. The first-order valence-electron chi connectivity index (χ1n) is 10.3. The van der Waals surface area contributed by atoms with Crippen molar-refractivity contribution in [2.75, 3.05) is 13.1 Å². The van der Waals surface area contributed by atoms with Gasteiger partial charge in [-0.25, -0.2) is 4.79 Å². The lowest BCUT2D eigenvalue weighted by atomic mass is 9.91. The van der Waals surface area contributed by atoms with Crippen molar-refractivity contribution >= 4 is 17.1 Å². The predicted molar refractivity (Wildman–Crippen MR) is 103 cm³/mol. The van der Waals surface area contributed by atoms with Crippen LogP contribution >= 0.6 is 0 Å². The van der Waals surface area contributed by atoms with Gasteiger partial charge in [-0.2, -0.15) is 0 Å². The number of carbonyl (C=O) groups is 1. The van der Waals surface area contributed by atoms with Crippen molar-refractivity contribution in [3.63, 3.8) is 0 Å². The maximum absolute atomic E-state index is 11.0. The van der Waals surface area contributed by atoms with E-state index in [0.29, 0.717) is 35.9 Å². The molecule has 7 nitrogen and oxygen atoms in total. The van der Waals surface area contributed by atoms with Gasteiger partial charge in [0.2, 0.25) is 0 Å². The standard InChI is InChI=1S/C21H28N2O5/c24-13-17-19(27-15-3-1-2-4-15)8-6-16-18(22-28-20(16)17)7-5-14-9-11-23(12-10-14)21(25)26/h6,8,14-15,24H,1-5,7,9-13H2,(H,25,26). The first-order valence-corrected chi connectivity index (χ1v) is 10.3. The zero-order valence-electron chi connectivity index (χ0n) is 16.1. The summed E-state index contributed by atoms with van der Waals surface area (Å²) >= 11 is 0. The molecule has 1 aromatic carbocycles. The molecule has 1 amide bonds. The lowest BCUT2D eigenvalue weighted by Crippen LogP contribution is -2.37. The van der Waals surface area contributed by atoms with Crippen LogP contribution in [0.4, 0.5) is 4.79 Å². The minimum absolute atomic E-state index is 0.137. The largest absolute Gasteiger partial charge is 0.490 e. The van der Waals surface area contributed by atoms with E-state index in [0.717, 1.165) is 49.6 Å². The molecular formula is C21H28N2O5. The van der Waals surface area contributed by atoms with Gasteiger partial charge in [0.15, 0.2) is 5.58 Å². The third-order valence-electron chi connectivity index (χ3n) is 6.20. The summed E-state index contributed by atoms with van der Waals surface area (Å²) in [7, 11) is 0. The van der Waals surface area contributed by atoms with Crippen LogP contribution in [-0.4, -0.2) is 45.6 Å². The van der Waals surface area contributed by atoms with Gasteiger partial charge >= 0.3 is 6.09 Å². The van der Waals surface area contributed by atoms with Gasteiger partial charge < -0.3 is 24.4 Å². The van der Waals surface area contributed by atoms with E-state index in [4.69, 9.17) is 14.4 Å². The molecule has 2 aliphatic rings. The number of hydrogen-bond donors (Lipinski definition) is 2. The molecule has 1 aliphatic carbocycles. The summed E-state index contributed by atoms with van der Waals surface area (Å²) in [5, 5.41) is 24.1. The molecule has 4 rings (SSSR count). The zero-order valence-corrected chi connectivity index (χ0v) is 16.1. The maximum Gasteiger partial charge on any atom is 0.407 e. The van der Waals surface area contributed by atoms with Gasteiger partial charge in [-0.1, -0.05) is 5.16 Å². The van der Waals surface area contributed by atoms with Gasteiger partial charge in [0.05, 0.1) is 24.0 Å². The number of aliphatic hydroxyl groups is 1. The molecule has 152 valence electrons. The molecule has 2 aromatic rings. The van der Waals surface area contributed by atoms with Crippen LogP contribution < -0.4 is 4.74 Å². The molecule has 1 aromatic heterocycles. The maximum atomic E-state index is 11.0. The number of ether oxygens (including phenoxy) is 1. The van der Waals surface area contributed by atoms with E-state index < -0.39 is 6.09 Å². The molecule has 7 heteroatoms. The van der Waals surface area contributed by atoms with E-state index in [1.54, 1.807) is 0 Å². The van der Waals surface area contributed by atoms with Gasteiger partial charge in [-0.15, -0.1) is 0 Å². The Kier molecular flexibility index (Phi) is 5.71. The molecule has 2 N–H and O–H groups in total. The number of rotatable bonds is 6. The van der Waals surface area contributed by atoms with E-state index in [2.05, 4.69) is 5.16 Å². The van der Waals surface area contributed by atoms with Crippen molar-refractivity contribution in [2.24, 2.45) is 5.92 Å². The summed E-state index contributed by atoms with van der Waals surface area (Å²) < 4.78 is 11.7. The number of aliphatic hydroxyl groups excluding tert-OH is 1. The number of aromatic nitrogens is 1. The Balaban J connectivity index is 1.43. The number of carboxylic acid groups (broad SMARTS) is 1. The van der Waals surface area contributed by atoms with Crippen LogP contribution in [-0.2, 0) is 13.0 Å². The van der Waals surface area contributed by atoms with Crippen LogP contribution in [0, 0.1) is 5.92 Å². The molecule has 28 heavy (non-hydrogen) atoms. The van der Waals surface area contributed by atoms with Gasteiger partial charge in [0.25, 0.3) is 0 Å². The second kappa shape index (κ2) is 8.39. The van der Waals surface area contributed by atoms with E-state index >= 15 is 0 Å². The number of nitrogens with zero attached hydrogens (tertiary/aromatic N) is 2. The van der Waals surface area contributed by atoms with Gasteiger partial charge in [-0.3, -0.25) is 0 Å². The number of likely N-dealkylation sites (tertiary alicyclic amines) is 1. The topological polar surface area (TPSA) is 96.0 Å². The molecular weight excluding hydrogens is 360 g/mol. The zero-order chi connectivity index (χ0) is 19.5. The molecule has 0 atom stereocenters. The van der Waals surface area contributed by atoms with Crippen LogP contribution in [0.5, 0.6) is 5.75 Å². The quantitative estimate of drug-likeness (QED) is 0.777. The monoisotopic (exact) mass is 388 g/mol. The smallest absolute Gasteiger partial charge is 0.407 e. The summed E-state index contributed by atoms with van der Waals surface area (Å²) in [4.78, 5) is 12.5. The van der Waals surface area contributed by atoms with Crippen LogP contribution in [0.3, 0.4) is 0 Å². The summed E-state index contributed by atoms with van der Waals surface area (Å²) in [5.41, 5.74) is 2.20. The highest BCUT2D eigenvalue weighted by Gasteiger charge is 2.24. The molecule has 2 fully saturated rings. The Morgan fingerprint density at radius 3 is 2.64 bits per heavy atom. The fourth-order valence-electron chi connectivity index (χ4n) is 4.47. The van der Waals surface area contributed by atoms with Crippen LogP contribution in [0.1, 0.15) is 56.2 Å². The fraction of sp³-hybridized carbons (Fsp3) is 0.619. The number of amides is 1. The van der Waals surface area contributed by atoms with Crippen LogP contribution in [0.2, 0.25) is 0 Å². The van der Waals surface area contributed by atoms with Crippen molar-refractivity contribution < 1.29 is 24.3 Å². The average Bonchev–Trinajstić information content (AvgIpc) is 3.36. The molecule has 0 bridgehead atoms. The molecule has 2 heterocycles. The predicted octanol–water partition coefficient (Wildman–Crippen LogP) is 3.96. The summed E-state index contributed by atoms with van der Waals surface area (Å²) in [5.74, 6) is 1.20. The van der Waals surface area contributed by atoms with Gasteiger partial charge in [0, 0.05) is 18.5 Å². The third kappa shape index (κ3) is 3.94. The second-order valence-corrected chi connectivity index (χ2v) is 7.98. The Labute approximate surface area is 164 Å². The van der Waals surface area contributed by atoms with Crippen molar-refractivity contribution in [1.82, 2.24) is 10.1 Å². The highest BCUT2D eigenvalue weighted by Crippen LogP contribution is 2.34. The minimum Gasteiger partial charge on any atom is -0.490 e. The van der Waals surface area contributed by atoms with Crippen LogP contribution in [0.25, 0.3) is 11.0 Å². The van der Waals surface area contributed by atoms with Crippen molar-refractivity contribution in [3.8, 4) is 5.75 Å². The molecule has 0 radical (unpaired) electrons. The molecule has 0 spiro atoms. The van der Waals surface area contributed by atoms with Gasteiger partial charge in [0.1, 0.15) is 5.75 Å².